The van der Waals surface area contributed by atoms with Crippen molar-refractivity contribution < 1.29 is 14.6 Å². The van der Waals surface area contributed by atoms with Crippen LogP contribution in [0.3, 0.4) is 0 Å². The number of hydrogen-bond acceptors (Lipinski definition) is 3. The third-order valence-electron chi connectivity index (χ3n) is 3.71. The fraction of sp³-hybridized carbons (Fsp3) is 0.471. The number of aryl methyl sites for hydroxylation is 2. The number of ether oxygens (including phenoxy) is 1. The second-order valence-electron chi connectivity index (χ2n) is 5.57. The molecule has 1 aromatic carbocycles. The monoisotopic (exact) mass is 289 g/mol. The Balaban J connectivity index is 2.06. The smallest absolute Gasteiger partial charge is 0.328 e. The summed E-state index contributed by atoms with van der Waals surface area (Å²) in [5, 5.41) is 8.79. The Morgan fingerprint density at radius 3 is 2.71 bits per heavy atom. The number of aliphatic carboxylic acids is 1. The summed E-state index contributed by atoms with van der Waals surface area (Å²) in [6, 6.07) is 4.01. The Morgan fingerprint density at radius 2 is 2.05 bits per heavy atom. The van der Waals surface area contributed by atoms with Gasteiger partial charge in [0.1, 0.15) is 12.4 Å². The van der Waals surface area contributed by atoms with Crippen molar-refractivity contribution >= 4 is 12.0 Å². The predicted molar refractivity (Wildman–Crippen MR) is 83.8 cm³/mol. The molecule has 1 fully saturated rings. The van der Waals surface area contributed by atoms with E-state index in [1.165, 1.54) is 12.8 Å². The average Bonchev–Trinajstić information content (AvgIpc) is 2.92. The highest BCUT2D eigenvalue weighted by Crippen LogP contribution is 2.26. The van der Waals surface area contributed by atoms with Crippen molar-refractivity contribution in [2.45, 2.75) is 26.7 Å². The van der Waals surface area contributed by atoms with Crippen molar-refractivity contribution in [1.82, 2.24) is 4.90 Å². The third kappa shape index (κ3) is 4.60. The quantitative estimate of drug-likeness (QED) is 0.818. The summed E-state index contributed by atoms with van der Waals surface area (Å²) in [7, 11) is 0. The highest BCUT2D eigenvalue weighted by atomic mass is 16.5. The van der Waals surface area contributed by atoms with Crippen molar-refractivity contribution in [3.8, 4) is 5.75 Å². The zero-order chi connectivity index (χ0) is 15.2. The van der Waals surface area contributed by atoms with Crippen LogP contribution >= 0.6 is 0 Å². The zero-order valence-corrected chi connectivity index (χ0v) is 12.8. The van der Waals surface area contributed by atoms with Gasteiger partial charge in [0.15, 0.2) is 0 Å². The predicted octanol–water partition coefficient (Wildman–Crippen LogP) is 2.88. The highest BCUT2D eigenvalue weighted by molar-refractivity contribution is 5.86. The minimum Gasteiger partial charge on any atom is -0.491 e. The first-order valence-corrected chi connectivity index (χ1v) is 7.43. The lowest BCUT2D eigenvalue weighted by Gasteiger charge is -2.17. The van der Waals surface area contributed by atoms with E-state index in [4.69, 9.17) is 9.84 Å². The van der Waals surface area contributed by atoms with Gasteiger partial charge in [0.2, 0.25) is 0 Å². The molecule has 1 heterocycles. The van der Waals surface area contributed by atoms with E-state index in [1.807, 2.05) is 19.9 Å². The molecule has 0 spiro atoms. The van der Waals surface area contributed by atoms with E-state index < -0.39 is 5.97 Å². The molecular weight excluding hydrogens is 266 g/mol. The first kappa shape index (κ1) is 15.6. The summed E-state index contributed by atoms with van der Waals surface area (Å²) in [6.07, 6.45) is 5.31. The molecule has 114 valence electrons. The number of rotatable bonds is 6. The Bertz CT molecular complexity index is 531. The summed E-state index contributed by atoms with van der Waals surface area (Å²) >= 11 is 0. The Kier molecular flexibility index (Phi) is 5.39. The summed E-state index contributed by atoms with van der Waals surface area (Å²) in [4.78, 5) is 13.1. The van der Waals surface area contributed by atoms with E-state index in [9.17, 15) is 4.79 Å². The lowest BCUT2D eigenvalue weighted by Crippen LogP contribution is -2.25. The standard InChI is InChI=1S/C17H23NO3/c1-13-11-14(2)17(15(12-13)5-6-16(19)20)21-10-9-18-7-3-4-8-18/h5-6,11-12H,3-4,7-10H2,1-2H3,(H,19,20)/b6-5+. The SMILES string of the molecule is Cc1cc(C)c(OCCN2CCCC2)c(/C=C/C(=O)O)c1. The van der Waals surface area contributed by atoms with Crippen LogP contribution in [-0.4, -0.2) is 42.2 Å². The van der Waals surface area contributed by atoms with Gasteiger partial charge in [0, 0.05) is 18.2 Å². The number of benzene rings is 1. The van der Waals surface area contributed by atoms with Gasteiger partial charge >= 0.3 is 5.97 Å². The summed E-state index contributed by atoms with van der Waals surface area (Å²) < 4.78 is 5.93. The molecule has 0 bridgehead atoms. The van der Waals surface area contributed by atoms with Crippen LogP contribution in [0.25, 0.3) is 6.08 Å². The molecule has 4 nitrogen and oxygen atoms in total. The number of hydrogen-bond donors (Lipinski definition) is 1. The molecular formula is C17H23NO3. The topological polar surface area (TPSA) is 49.8 Å². The van der Waals surface area contributed by atoms with Crippen molar-refractivity contribution in [1.29, 1.82) is 0 Å². The molecule has 0 aromatic heterocycles. The van der Waals surface area contributed by atoms with Gasteiger partial charge in [0.25, 0.3) is 0 Å². The molecule has 1 N–H and O–H groups in total. The second kappa shape index (κ2) is 7.27. The molecule has 4 heteroatoms. The van der Waals surface area contributed by atoms with E-state index in [1.54, 1.807) is 6.08 Å². The molecule has 0 aliphatic carbocycles. The second-order valence-corrected chi connectivity index (χ2v) is 5.57. The highest BCUT2D eigenvalue weighted by Gasteiger charge is 2.12. The molecule has 21 heavy (non-hydrogen) atoms. The first-order chi connectivity index (χ1) is 10.1. The van der Waals surface area contributed by atoms with Crippen LogP contribution in [0.15, 0.2) is 18.2 Å². The van der Waals surface area contributed by atoms with Gasteiger partial charge in [-0.15, -0.1) is 0 Å². The van der Waals surface area contributed by atoms with Gasteiger partial charge in [-0.25, -0.2) is 4.79 Å². The summed E-state index contributed by atoms with van der Waals surface area (Å²) in [5.74, 6) is -0.158. The van der Waals surface area contributed by atoms with Crippen LogP contribution in [0.2, 0.25) is 0 Å². The molecule has 1 aliphatic rings. The fourth-order valence-electron chi connectivity index (χ4n) is 2.75. The largest absolute Gasteiger partial charge is 0.491 e. The third-order valence-corrected chi connectivity index (χ3v) is 3.71. The van der Waals surface area contributed by atoms with Crippen LogP contribution in [-0.2, 0) is 4.79 Å². The zero-order valence-electron chi connectivity index (χ0n) is 12.8. The van der Waals surface area contributed by atoms with Gasteiger partial charge in [-0.05, 0) is 57.5 Å². The molecule has 0 amide bonds. The normalized spacial score (nSPS) is 15.7. The van der Waals surface area contributed by atoms with E-state index in [0.29, 0.717) is 6.61 Å². The van der Waals surface area contributed by atoms with E-state index in [2.05, 4.69) is 11.0 Å². The fourth-order valence-corrected chi connectivity index (χ4v) is 2.75. The number of carboxylic acids is 1. The lowest BCUT2D eigenvalue weighted by molar-refractivity contribution is -0.131. The number of carboxylic acid groups (broad SMARTS) is 1. The van der Waals surface area contributed by atoms with Gasteiger partial charge in [0.05, 0.1) is 0 Å². The van der Waals surface area contributed by atoms with Crippen molar-refractivity contribution in [2.75, 3.05) is 26.2 Å². The average molecular weight is 289 g/mol. The lowest BCUT2D eigenvalue weighted by atomic mass is 10.1. The van der Waals surface area contributed by atoms with E-state index in [0.717, 1.165) is 48.2 Å². The van der Waals surface area contributed by atoms with Gasteiger partial charge in [-0.1, -0.05) is 11.6 Å². The van der Waals surface area contributed by atoms with Crippen molar-refractivity contribution in [3.05, 3.63) is 34.9 Å². The van der Waals surface area contributed by atoms with Crippen LogP contribution in [0.4, 0.5) is 0 Å². The van der Waals surface area contributed by atoms with Crippen molar-refractivity contribution in [2.24, 2.45) is 0 Å². The van der Waals surface area contributed by atoms with Gasteiger partial charge < -0.3 is 9.84 Å². The Labute approximate surface area is 126 Å². The molecule has 0 saturated carbocycles. The molecule has 1 aromatic rings. The van der Waals surface area contributed by atoms with Gasteiger partial charge in [-0.2, -0.15) is 0 Å². The summed E-state index contributed by atoms with van der Waals surface area (Å²) in [5.41, 5.74) is 2.97. The van der Waals surface area contributed by atoms with E-state index >= 15 is 0 Å². The molecule has 1 saturated heterocycles. The molecule has 2 rings (SSSR count). The van der Waals surface area contributed by atoms with Crippen LogP contribution < -0.4 is 4.74 Å². The van der Waals surface area contributed by atoms with Crippen molar-refractivity contribution in [3.63, 3.8) is 0 Å². The molecule has 0 atom stereocenters. The van der Waals surface area contributed by atoms with E-state index in [-0.39, 0.29) is 0 Å². The summed E-state index contributed by atoms with van der Waals surface area (Å²) in [6.45, 7) is 7.87. The maximum Gasteiger partial charge on any atom is 0.328 e. The van der Waals surface area contributed by atoms with Crippen LogP contribution in [0, 0.1) is 13.8 Å². The van der Waals surface area contributed by atoms with Crippen LogP contribution in [0.5, 0.6) is 5.75 Å². The first-order valence-electron chi connectivity index (χ1n) is 7.43. The maximum atomic E-state index is 10.7. The number of likely N-dealkylation sites (tertiary alicyclic amines) is 1. The van der Waals surface area contributed by atoms with Gasteiger partial charge in [-0.3, -0.25) is 4.90 Å². The number of nitrogens with zero attached hydrogens (tertiary/aromatic N) is 1. The Hall–Kier alpha value is -1.81. The minimum absolute atomic E-state index is 0.637. The molecule has 0 radical (unpaired) electrons. The maximum absolute atomic E-state index is 10.7. The molecule has 0 unspecified atom stereocenters. The van der Waals surface area contributed by atoms with Crippen LogP contribution in [0.1, 0.15) is 29.5 Å². The Morgan fingerprint density at radius 1 is 1.33 bits per heavy atom. The number of carbonyl (C=O) groups is 1. The minimum atomic E-state index is -0.947. The molecule has 1 aliphatic heterocycles.